The number of aromatic nitrogens is 4. The fourth-order valence-corrected chi connectivity index (χ4v) is 2.14. The van der Waals surface area contributed by atoms with Crippen LogP contribution >= 0.6 is 11.6 Å². The molecule has 0 aliphatic heterocycles. The quantitative estimate of drug-likeness (QED) is 0.797. The molecule has 1 aromatic carbocycles. The smallest absolute Gasteiger partial charge is 0.182 e. The second kappa shape index (κ2) is 4.85. The van der Waals surface area contributed by atoms with Crippen molar-refractivity contribution in [1.82, 2.24) is 19.5 Å². The van der Waals surface area contributed by atoms with Crippen molar-refractivity contribution in [2.45, 2.75) is 6.54 Å². The van der Waals surface area contributed by atoms with Gasteiger partial charge in [-0.3, -0.25) is 0 Å². The summed E-state index contributed by atoms with van der Waals surface area (Å²) in [4.78, 5) is 12.6. The molecule has 0 fully saturated rings. The van der Waals surface area contributed by atoms with Crippen molar-refractivity contribution in [3.05, 3.63) is 47.5 Å². The second-order valence-corrected chi connectivity index (χ2v) is 4.60. The van der Waals surface area contributed by atoms with Crippen LogP contribution in [-0.4, -0.2) is 19.5 Å². The standard InChI is InChI=1S/C13H12ClN5/c1-19-8-18-13-11(19)12(16-7-17-13)15-6-9-4-2-3-5-10(9)14/h2-5,7-8H,6H2,1H3,(H,15,16,17). The van der Waals surface area contributed by atoms with Gasteiger partial charge in [-0.1, -0.05) is 29.8 Å². The third-order valence-electron chi connectivity index (χ3n) is 2.91. The number of fused-ring (bicyclic) bond motifs is 1. The van der Waals surface area contributed by atoms with Gasteiger partial charge in [-0.15, -0.1) is 0 Å². The highest BCUT2D eigenvalue weighted by molar-refractivity contribution is 6.31. The Hall–Kier alpha value is -2.14. The number of rotatable bonds is 3. The van der Waals surface area contributed by atoms with Crippen LogP contribution in [0.3, 0.4) is 0 Å². The summed E-state index contributed by atoms with van der Waals surface area (Å²) >= 11 is 6.13. The van der Waals surface area contributed by atoms with Crippen LogP contribution in [0.4, 0.5) is 5.82 Å². The van der Waals surface area contributed by atoms with Crippen LogP contribution in [0.25, 0.3) is 11.2 Å². The highest BCUT2D eigenvalue weighted by Crippen LogP contribution is 2.20. The topological polar surface area (TPSA) is 55.6 Å². The zero-order valence-corrected chi connectivity index (χ0v) is 11.1. The maximum atomic E-state index is 6.13. The molecule has 0 spiro atoms. The Kier molecular flexibility index (Phi) is 3.05. The van der Waals surface area contributed by atoms with E-state index in [-0.39, 0.29) is 0 Å². The van der Waals surface area contributed by atoms with Gasteiger partial charge in [0.15, 0.2) is 11.5 Å². The Balaban J connectivity index is 1.90. The molecule has 0 unspecified atom stereocenters. The van der Waals surface area contributed by atoms with Crippen molar-refractivity contribution >= 4 is 28.6 Å². The van der Waals surface area contributed by atoms with E-state index in [0.29, 0.717) is 12.2 Å². The summed E-state index contributed by atoms with van der Waals surface area (Å²) in [5.41, 5.74) is 2.59. The number of imidazole rings is 1. The van der Waals surface area contributed by atoms with E-state index < -0.39 is 0 Å². The fourth-order valence-electron chi connectivity index (χ4n) is 1.94. The fraction of sp³-hybridized carbons (Fsp3) is 0.154. The van der Waals surface area contributed by atoms with Gasteiger partial charge in [0.05, 0.1) is 6.33 Å². The number of nitrogens with zero attached hydrogens (tertiary/aromatic N) is 4. The number of benzene rings is 1. The van der Waals surface area contributed by atoms with Crippen LogP contribution in [0.1, 0.15) is 5.56 Å². The Morgan fingerprint density at radius 1 is 1.21 bits per heavy atom. The van der Waals surface area contributed by atoms with E-state index in [2.05, 4.69) is 20.3 Å². The van der Waals surface area contributed by atoms with E-state index in [1.807, 2.05) is 35.9 Å². The van der Waals surface area contributed by atoms with E-state index in [1.165, 1.54) is 6.33 Å². The van der Waals surface area contributed by atoms with E-state index >= 15 is 0 Å². The van der Waals surface area contributed by atoms with E-state index in [4.69, 9.17) is 11.6 Å². The number of halogens is 1. The van der Waals surface area contributed by atoms with Gasteiger partial charge in [0, 0.05) is 18.6 Å². The minimum absolute atomic E-state index is 0.608. The first-order valence-electron chi connectivity index (χ1n) is 5.85. The van der Waals surface area contributed by atoms with Crippen molar-refractivity contribution < 1.29 is 0 Å². The van der Waals surface area contributed by atoms with Crippen molar-refractivity contribution in [3.63, 3.8) is 0 Å². The second-order valence-electron chi connectivity index (χ2n) is 4.19. The SMILES string of the molecule is Cn1cnc2ncnc(NCc3ccccc3Cl)c21. The normalized spacial score (nSPS) is 10.8. The lowest BCUT2D eigenvalue weighted by Gasteiger charge is -2.08. The molecule has 0 radical (unpaired) electrons. The average molecular weight is 274 g/mol. The molecule has 1 N–H and O–H groups in total. The number of aryl methyl sites for hydroxylation is 1. The first-order valence-corrected chi connectivity index (χ1v) is 6.23. The molecule has 3 rings (SSSR count). The molecule has 0 saturated heterocycles. The predicted molar refractivity (Wildman–Crippen MR) is 75.1 cm³/mol. The third-order valence-corrected chi connectivity index (χ3v) is 3.28. The lowest BCUT2D eigenvalue weighted by Crippen LogP contribution is -2.04. The predicted octanol–water partition coefficient (Wildman–Crippen LogP) is 2.63. The van der Waals surface area contributed by atoms with Crippen LogP contribution in [0.2, 0.25) is 5.02 Å². The van der Waals surface area contributed by atoms with Gasteiger partial charge in [-0.2, -0.15) is 0 Å². The lowest BCUT2D eigenvalue weighted by atomic mass is 10.2. The molecule has 0 amide bonds. The van der Waals surface area contributed by atoms with Gasteiger partial charge in [0.1, 0.15) is 11.8 Å². The molecule has 5 nitrogen and oxygen atoms in total. The Labute approximate surface area is 115 Å². The number of hydrogen-bond acceptors (Lipinski definition) is 4. The maximum absolute atomic E-state index is 6.13. The van der Waals surface area contributed by atoms with Gasteiger partial charge >= 0.3 is 0 Å². The summed E-state index contributed by atoms with van der Waals surface area (Å²) in [5.74, 6) is 0.755. The highest BCUT2D eigenvalue weighted by Gasteiger charge is 2.08. The van der Waals surface area contributed by atoms with Crippen molar-refractivity contribution in [3.8, 4) is 0 Å². The van der Waals surface area contributed by atoms with E-state index in [0.717, 1.165) is 21.9 Å². The molecule has 0 aliphatic rings. The van der Waals surface area contributed by atoms with Gasteiger partial charge in [-0.05, 0) is 11.6 Å². The zero-order valence-electron chi connectivity index (χ0n) is 10.3. The van der Waals surface area contributed by atoms with E-state index in [1.54, 1.807) is 6.33 Å². The minimum Gasteiger partial charge on any atom is -0.364 e. The molecule has 0 atom stereocenters. The largest absolute Gasteiger partial charge is 0.364 e. The average Bonchev–Trinajstić information content (AvgIpc) is 2.80. The Bertz CT molecular complexity index is 722. The summed E-state index contributed by atoms with van der Waals surface area (Å²) in [5, 5.41) is 4.02. The minimum atomic E-state index is 0.608. The van der Waals surface area contributed by atoms with Crippen LogP contribution < -0.4 is 5.32 Å². The number of nitrogens with one attached hydrogen (secondary N) is 1. The molecule has 96 valence electrons. The molecule has 2 heterocycles. The van der Waals surface area contributed by atoms with Crippen molar-refractivity contribution in [2.24, 2.45) is 7.05 Å². The van der Waals surface area contributed by atoms with Crippen LogP contribution in [0.15, 0.2) is 36.9 Å². The molecular weight excluding hydrogens is 262 g/mol. The van der Waals surface area contributed by atoms with Crippen molar-refractivity contribution in [2.75, 3.05) is 5.32 Å². The molecule has 0 bridgehead atoms. The number of hydrogen-bond donors (Lipinski definition) is 1. The Morgan fingerprint density at radius 2 is 2.05 bits per heavy atom. The first kappa shape index (κ1) is 11.9. The molecule has 0 aliphatic carbocycles. The van der Waals surface area contributed by atoms with Crippen LogP contribution in [0.5, 0.6) is 0 Å². The summed E-state index contributed by atoms with van der Waals surface area (Å²) in [6, 6.07) is 7.73. The van der Waals surface area contributed by atoms with Gasteiger partial charge in [-0.25, -0.2) is 15.0 Å². The first-order chi connectivity index (χ1) is 9.25. The molecule has 2 aromatic heterocycles. The third kappa shape index (κ3) is 2.24. The monoisotopic (exact) mass is 273 g/mol. The molecule has 0 saturated carbocycles. The van der Waals surface area contributed by atoms with Crippen molar-refractivity contribution in [1.29, 1.82) is 0 Å². The van der Waals surface area contributed by atoms with Crippen LogP contribution in [0, 0.1) is 0 Å². The molecular formula is C13H12ClN5. The highest BCUT2D eigenvalue weighted by atomic mass is 35.5. The zero-order chi connectivity index (χ0) is 13.2. The van der Waals surface area contributed by atoms with Gasteiger partial charge < -0.3 is 9.88 Å². The Morgan fingerprint density at radius 3 is 2.89 bits per heavy atom. The molecule has 19 heavy (non-hydrogen) atoms. The molecule has 3 aromatic rings. The van der Waals surface area contributed by atoms with Crippen LogP contribution in [-0.2, 0) is 13.6 Å². The van der Waals surface area contributed by atoms with Gasteiger partial charge in [0.2, 0.25) is 0 Å². The van der Waals surface area contributed by atoms with E-state index in [9.17, 15) is 0 Å². The summed E-state index contributed by atoms with van der Waals surface area (Å²) in [7, 11) is 1.92. The summed E-state index contributed by atoms with van der Waals surface area (Å²) in [6.07, 6.45) is 3.23. The maximum Gasteiger partial charge on any atom is 0.182 e. The molecule has 6 heteroatoms. The summed E-state index contributed by atoms with van der Waals surface area (Å²) in [6.45, 7) is 0.608. The lowest BCUT2D eigenvalue weighted by molar-refractivity contribution is 0.942. The number of anilines is 1. The summed E-state index contributed by atoms with van der Waals surface area (Å²) < 4.78 is 1.89. The van der Waals surface area contributed by atoms with Gasteiger partial charge in [0.25, 0.3) is 0 Å².